The molecule has 1 aliphatic heterocycles. The first-order valence-corrected chi connectivity index (χ1v) is 9.36. The maximum atomic E-state index is 12.1. The molecular formula is C16H19N3O3S. The van der Waals surface area contributed by atoms with Crippen LogP contribution in [0, 0.1) is 12.8 Å². The smallest absolute Gasteiger partial charge is 0.269 e. The minimum absolute atomic E-state index is 0.00319. The summed E-state index contributed by atoms with van der Waals surface area (Å²) in [5, 5.41) is 9.67. The van der Waals surface area contributed by atoms with Gasteiger partial charge in [-0.1, -0.05) is 29.8 Å². The van der Waals surface area contributed by atoms with Gasteiger partial charge in [0.2, 0.25) is 0 Å². The summed E-state index contributed by atoms with van der Waals surface area (Å²) in [6.07, 6.45) is 0.611. The molecule has 1 aromatic carbocycles. The number of aromatic amines is 1. The number of benzene rings is 1. The summed E-state index contributed by atoms with van der Waals surface area (Å²) >= 11 is 0. The van der Waals surface area contributed by atoms with Crippen LogP contribution < -0.4 is 5.32 Å². The Morgan fingerprint density at radius 1 is 1.35 bits per heavy atom. The van der Waals surface area contributed by atoms with Gasteiger partial charge in [0.15, 0.2) is 9.84 Å². The Hall–Kier alpha value is -2.15. The van der Waals surface area contributed by atoms with Gasteiger partial charge in [0, 0.05) is 12.1 Å². The van der Waals surface area contributed by atoms with Gasteiger partial charge < -0.3 is 5.32 Å². The van der Waals surface area contributed by atoms with Crippen molar-refractivity contribution < 1.29 is 13.2 Å². The van der Waals surface area contributed by atoms with Crippen molar-refractivity contribution in [3.8, 4) is 11.3 Å². The van der Waals surface area contributed by atoms with E-state index in [-0.39, 0.29) is 23.3 Å². The Bertz CT molecular complexity index is 809. The highest BCUT2D eigenvalue weighted by atomic mass is 32.2. The van der Waals surface area contributed by atoms with Gasteiger partial charge in [0.1, 0.15) is 5.69 Å². The summed E-state index contributed by atoms with van der Waals surface area (Å²) in [4.78, 5) is 12.1. The van der Waals surface area contributed by atoms with E-state index in [1.807, 2.05) is 31.2 Å². The molecule has 1 aromatic heterocycles. The second-order valence-electron chi connectivity index (χ2n) is 6.01. The van der Waals surface area contributed by atoms with Gasteiger partial charge in [-0.25, -0.2) is 8.42 Å². The minimum Gasteiger partial charge on any atom is -0.350 e. The van der Waals surface area contributed by atoms with Crippen molar-refractivity contribution in [2.24, 2.45) is 5.92 Å². The van der Waals surface area contributed by atoms with Crippen LogP contribution >= 0.6 is 0 Å². The molecule has 1 saturated heterocycles. The average Bonchev–Trinajstić information content (AvgIpc) is 3.12. The van der Waals surface area contributed by atoms with Crippen LogP contribution in [-0.4, -0.2) is 42.6 Å². The van der Waals surface area contributed by atoms with Crippen molar-refractivity contribution >= 4 is 15.7 Å². The fourth-order valence-electron chi connectivity index (χ4n) is 2.68. The molecule has 1 fully saturated rings. The van der Waals surface area contributed by atoms with E-state index in [2.05, 4.69) is 15.5 Å². The molecule has 23 heavy (non-hydrogen) atoms. The highest BCUT2D eigenvalue weighted by Crippen LogP contribution is 2.19. The van der Waals surface area contributed by atoms with Gasteiger partial charge >= 0.3 is 0 Å². The number of hydrogen-bond acceptors (Lipinski definition) is 4. The molecular weight excluding hydrogens is 314 g/mol. The second-order valence-corrected chi connectivity index (χ2v) is 8.24. The number of H-pyrrole nitrogens is 1. The zero-order valence-corrected chi connectivity index (χ0v) is 13.7. The highest BCUT2D eigenvalue weighted by Gasteiger charge is 2.28. The van der Waals surface area contributed by atoms with Crippen molar-refractivity contribution in [3.05, 3.63) is 41.6 Å². The first-order chi connectivity index (χ1) is 10.9. The van der Waals surface area contributed by atoms with E-state index in [4.69, 9.17) is 0 Å². The summed E-state index contributed by atoms with van der Waals surface area (Å²) in [6, 6.07) is 9.59. The van der Waals surface area contributed by atoms with Crippen LogP contribution in [0.5, 0.6) is 0 Å². The van der Waals surface area contributed by atoms with E-state index in [0.29, 0.717) is 24.4 Å². The number of rotatable bonds is 4. The normalized spacial score (nSPS) is 19.6. The third-order valence-electron chi connectivity index (χ3n) is 4.05. The van der Waals surface area contributed by atoms with Crippen LogP contribution in [0.2, 0.25) is 0 Å². The lowest BCUT2D eigenvalue weighted by atomic mass is 10.1. The molecule has 0 spiro atoms. The predicted octanol–water partition coefficient (Wildman–Crippen LogP) is 1.55. The Morgan fingerprint density at radius 2 is 2.09 bits per heavy atom. The van der Waals surface area contributed by atoms with Gasteiger partial charge in [-0.3, -0.25) is 9.89 Å². The summed E-state index contributed by atoms with van der Waals surface area (Å²) in [6.45, 7) is 2.38. The summed E-state index contributed by atoms with van der Waals surface area (Å²) < 4.78 is 22.8. The molecule has 0 aliphatic carbocycles. The van der Waals surface area contributed by atoms with Gasteiger partial charge in [-0.15, -0.1) is 0 Å². The first-order valence-electron chi connectivity index (χ1n) is 7.54. The molecule has 122 valence electrons. The Labute approximate surface area is 135 Å². The highest BCUT2D eigenvalue weighted by molar-refractivity contribution is 7.91. The Kier molecular flexibility index (Phi) is 4.21. The van der Waals surface area contributed by atoms with Crippen LogP contribution in [0.25, 0.3) is 11.3 Å². The molecule has 6 nitrogen and oxygen atoms in total. The third-order valence-corrected chi connectivity index (χ3v) is 5.88. The van der Waals surface area contributed by atoms with Crippen molar-refractivity contribution in [3.63, 3.8) is 0 Å². The number of nitrogens with zero attached hydrogens (tertiary/aromatic N) is 1. The lowest BCUT2D eigenvalue weighted by Gasteiger charge is -2.08. The fraction of sp³-hybridized carbons (Fsp3) is 0.375. The molecule has 2 heterocycles. The van der Waals surface area contributed by atoms with E-state index in [1.54, 1.807) is 6.07 Å². The van der Waals surface area contributed by atoms with Crippen molar-refractivity contribution in [2.45, 2.75) is 13.3 Å². The summed E-state index contributed by atoms with van der Waals surface area (Å²) in [7, 11) is -2.91. The maximum absolute atomic E-state index is 12.1. The zero-order valence-electron chi connectivity index (χ0n) is 12.9. The van der Waals surface area contributed by atoms with Crippen LogP contribution in [0.4, 0.5) is 0 Å². The molecule has 1 amide bonds. The molecule has 7 heteroatoms. The molecule has 1 atom stereocenters. The van der Waals surface area contributed by atoms with E-state index < -0.39 is 9.84 Å². The molecule has 0 saturated carbocycles. The fourth-order valence-corrected chi connectivity index (χ4v) is 4.54. The number of amides is 1. The SMILES string of the molecule is Cc1ccc(-c2cc(C(=O)NCC3CCS(=O)(=O)C3)[nH]n2)cc1. The lowest BCUT2D eigenvalue weighted by molar-refractivity contribution is 0.0943. The molecule has 1 unspecified atom stereocenters. The van der Waals surface area contributed by atoms with E-state index in [9.17, 15) is 13.2 Å². The monoisotopic (exact) mass is 333 g/mol. The van der Waals surface area contributed by atoms with Gasteiger partial charge in [0.25, 0.3) is 5.91 Å². The summed E-state index contributed by atoms with van der Waals surface area (Å²) in [5.74, 6) is 0.114. The van der Waals surface area contributed by atoms with E-state index in [1.165, 1.54) is 0 Å². The first kappa shape index (κ1) is 15.7. The predicted molar refractivity (Wildman–Crippen MR) is 87.9 cm³/mol. The van der Waals surface area contributed by atoms with E-state index >= 15 is 0 Å². The third kappa shape index (κ3) is 3.79. The largest absolute Gasteiger partial charge is 0.350 e. The van der Waals surface area contributed by atoms with Crippen molar-refractivity contribution in [1.29, 1.82) is 0 Å². The maximum Gasteiger partial charge on any atom is 0.269 e. The second kappa shape index (κ2) is 6.16. The lowest BCUT2D eigenvalue weighted by Crippen LogP contribution is -2.30. The minimum atomic E-state index is -2.91. The van der Waals surface area contributed by atoms with Crippen LogP contribution in [-0.2, 0) is 9.84 Å². The van der Waals surface area contributed by atoms with Crippen molar-refractivity contribution in [2.75, 3.05) is 18.1 Å². The van der Waals surface area contributed by atoms with Crippen molar-refractivity contribution in [1.82, 2.24) is 15.5 Å². The average molecular weight is 333 g/mol. The number of aromatic nitrogens is 2. The summed E-state index contributed by atoms with van der Waals surface area (Å²) in [5.41, 5.74) is 3.18. The van der Waals surface area contributed by atoms with Gasteiger partial charge in [0.05, 0.1) is 17.2 Å². The van der Waals surface area contributed by atoms with E-state index in [0.717, 1.165) is 11.1 Å². The number of carbonyl (C=O) groups excluding carboxylic acids is 1. The van der Waals surface area contributed by atoms with Crippen LogP contribution in [0.15, 0.2) is 30.3 Å². The number of carbonyl (C=O) groups is 1. The molecule has 0 radical (unpaired) electrons. The standard InChI is InChI=1S/C16H19N3O3S/c1-11-2-4-13(5-3-11)14-8-15(19-18-14)16(20)17-9-12-6-7-23(21,22)10-12/h2-5,8,12H,6-7,9-10H2,1H3,(H,17,20)(H,18,19). The molecule has 0 bridgehead atoms. The molecule has 3 rings (SSSR count). The number of sulfone groups is 1. The number of aryl methyl sites for hydroxylation is 1. The molecule has 2 N–H and O–H groups in total. The molecule has 1 aliphatic rings. The Morgan fingerprint density at radius 3 is 2.74 bits per heavy atom. The number of nitrogens with one attached hydrogen (secondary N) is 2. The van der Waals surface area contributed by atoms with Crippen LogP contribution in [0.1, 0.15) is 22.5 Å². The van der Waals surface area contributed by atoms with Crippen LogP contribution in [0.3, 0.4) is 0 Å². The Balaban J connectivity index is 1.61. The number of hydrogen-bond donors (Lipinski definition) is 2. The van der Waals surface area contributed by atoms with Gasteiger partial charge in [-0.2, -0.15) is 5.10 Å². The molecule has 2 aromatic rings. The topological polar surface area (TPSA) is 91.9 Å². The zero-order chi connectivity index (χ0) is 16.4. The van der Waals surface area contributed by atoms with Gasteiger partial charge in [-0.05, 0) is 25.3 Å². The quantitative estimate of drug-likeness (QED) is 0.888.